The first-order valence-corrected chi connectivity index (χ1v) is 8.51. The van der Waals surface area contributed by atoms with Gasteiger partial charge < -0.3 is 0 Å². The van der Waals surface area contributed by atoms with Gasteiger partial charge in [0.1, 0.15) is 0 Å². The van der Waals surface area contributed by atoms with Gasteiger partial charge in [0.25, 0.3) is 0 Å². The SMILES string of the molecule is C=C/C=C/C(C)[Si](C)(C)c1ccccc1. The van der Waals surface area contributed by atoms with E-state index in [1.54, 1.807) is 0 Å². The summed E-state index contributed by atoms with van der Waals surface area (Å²) in [6, 6.07) is 10.9. The molecule has 1 unspecified atom stereocenters. The number of hydrogen-bond acceptors (Lipinski definition) is 0. The van der Waals surface area contributed by atoms with Crippen LogP contribution in [0.1, 0.15) is 6.92 Å². The van der Waals surface area contributed by atoms with E-state index in [4.69, 9.17) is 0 Å². The summed E-state index contributed by atoms with van der Waals surface area (Å²) in [6.45, 7) is 10.9. The second kappa shape index (κ2) is 5.13. The Balaban J connectivity index is 2.92. The van der Waals surface area contributed by atoms with E-state index >= 15 is 0 Å². The van der Waals surface area contributed by atoms with Crippen molar-refractivity contribution in [1.82, 2.24) is 0 Å². The van der Waals surface area contributed by atoms with Crippen molar-refractivity contribution < 1.29 is 0 Å². The Hall–Kier alpha value is -1.08. The lowest BCUT2D eigenvalue weighted by molar-refractivity contribution is 1.14. The second-order valence-electron chi connectivity index (χ2n) is 4.50. The Kier molecular flexibility index (Phi) is 4.10. The predicted molar refractivity (Wildman–Crippen MR) is 72.3 cm³/mol. The summed E-state index contributed by atoms with van der Waals surface area (Å²) < 4.78 is 0. The van der Waals surface area contributed by atoms with Gasteiger partial charge >= 0.3 is 0 Å². The first-order valence-electron chi connectivity index (χ1n) is 5.43. The normalized spacial score (nSPS) is 14.1. The van der Waals surface area contributed by atoms with Gasteiger partial charge in [-0.1, -0.05) is 80.3 Å². The standard InChI is InChI=1S/C14H20Si/c1-5-6-10-13(2)15(3,4)14-11-8-7-9-12-14/h5-13H,1H2,2-4H3/b10-6+. The molecule has 0 N–H and O–H groups in total. The topological polar surface area (TPSA) is 0 Å². The molecular weight excluding hydrogens is 196 g/mol. The molecule has 1 aromatic carbocycles. The second-order valence-corrected chi connectivity index (χ2v) is 9.43. The Morgan fingerprint density at radius 2 is 1.80 bits per heavy atom. The van der Waals surface area contributed by atoms with Gasteiger partial charge in [0.2, 0.25) is 0 Å². The Morgan fingerprint density at radius 3 is 2.33 bits per heavy atom. The molecule has 0 aliphatic heterocycles. The van der Waals surface area contributed by atoms with Gasteiger partial charge in [-0.2, -0.15) is 0 Å². The summed E-state index contributed by atoms with van der Waals surface area (Å²) in [6.07, 6.45) is 6.18. The van der Waals surface area contributed by atoms with Crippen molar-refractivity contribution in [2.24, 2.45) is 0 Å². The molecule has 0 radical (unpaired) electrons. The zero-order valence-electron chi connectivity index (χ0n) is 9.90. The van der Waals surface area contributed by atoms with E-state index in [2.05, 4.69) is 69.1 Å². The van der Waals surface area contributed by atoms with Gasteiger partial charge in [-0.05, 0) is 5.54 Å². The van der Waals surface area contributed by atoms with Crippen LogP contribution in [0.15, 0.2) is 55.1 Å². The van der Waals surface area contributed by atoms with Crippen molar-refractivity contribution in [2.75, 3.05) is 0 Å². The van der Waals surface area contributed by atoms with Crippen LogP contribution < -0.4 is 5.19 Å². The molecule has 0 saturated heterocycles. The van der Waals surface area contributed by atoms with Crippen molar-refractivity contribution in [3.8, 4) is 0 Å². The zero-order valence-corrected chi connectivity index (χ0v) is 10.9. The molecule has 1 rings (SSSR count). The average Bonchev–Trinajstić information content (AvgIpc) is 2.27. The number of benzene rings is 1. The van der Waals surface area contributed by atoms with E-state index in [0.29, 0.717) is 5.54 Å². The van der Waals surface area contributed by atoms with Crippen LogP contribution in [0.25, 0.3) is 0 Å². The Bertz CT molecular complexity index is 336. The molecular formula is C14H20Si. The lowest BCUT2D eigenvalue weighted by Gasteiger charge is -2.28. The minimum Gasteiger partial charge on any atom is -0.0991 e. The highest BCUT2D eigenvalue weighted by atomic mass is 28.3. The molecule has 80 valence electrons. The fourth-order valence-corrected chi connectivity index (χ4v) is 3.79. The fraction of sp³-hybridized carbons (Fsp3) is 0.286. The van der Waals surface area contributed by atoms with Crippen LogP contribution in [0.5, 0.6) is 0 Å². The monoisotopic (exact) mass is 216 g/mol. The molecule has 0 aromatic heterocycles. The third-order valence-corrected chi connectivity index (χ3v) is 7.48. The lowest BCUT2D eigenvalue weighted by atomic mass is 10.4. The predicted octanol–water partition coefficient (Wildman–Crippen LogP) is 3.73. The molecule has 0 fully saturated rings. The van der Waals surface area contributed by atoms with Crippen LogP contribution in [0, 0.1) is 0 Å². The molecule has 0 bridgehead atoms. The molecule has 0 aliphatic carbocycles. The minimum absolute atomic E-state index is 0.637. The molecule has 0 heterocycles. The van der Waals surface area contributed by atoms with E-state index < -0.39 is 8.07 Å². The summed E-state index contributed by atoms with van der Waals surface area (Å²) in [7, 11) is -1.35. The van der Waals surface area contributed by atoms with Crippen molar-refractivity contribution in [3.63, 3.8) is 0 Å². The van der Waals surface area contributed by atoms with E-state index in [-0.39, 0.29) is 0 Å². The minimum atomic E-state index is -1.35. The van der Waals surface area contributed by atoms with E-state index in [9.17, 15) is 0 Å². The molecule has 1 heteroatoms. The Morgan fingerprint density at radius 1 is 1.20 bits per heavy atom. The number of rotatable bonds is 4. The van der Waals surface area contributed by atoms with Crippen LogP contribution in [-0.2, 0) is 0 Å². The van der Waals surface area contributed by atoms with Crippen LogP contribution in [0.3, 0.4) is 0 Å². The van der Waals surface area contributed by atoms with Crippen LogP contribution in [0.4, 0.5) is 0 Å². The average molecular weight is 216 g/mol. The number of hydrogen-bond donors (Lipinski definition) is 0. The van der Waals surface area contributed by atoms with Crippen molar-refractivity contribution >= 4 is 13.3 Å². The molecule has 15 heavy (non-hydrogen) atoms. The molecule has 0 amide bonds. The first-order chi connectivity index (χ1) is 7.09. The Labute approximate surface area is 94.4 Å². The highest BCUT2D eigenvalue weighted by Gasteiger charge is 2.28. The van der Waals surface area contributed by atoms with Gasteiger partial charge in [-0.25, -0.2) is 0 Å². The molecule has 0 aliphatic rings. The molecule has 0 nitrogen and oxygen atoms in total. The van der Waals surface area contributed by atoms with Gasteiger partial charge in [0, 0.05) is 0 Å². The summed E-state index contributed by atoms with van der Waals surface area (Å²) in [5.74, 6) is 0. The molecule has 0 saturated carbocycles. The highest BCUT2D eigenvalue weighted by Crippen LogP contribution is 2.22. The number of allylic oxidation sites excluding steroid dienone is 3. The largest absolute Gasteiger partial charge is 0.0991 e. The fourth-order valence-electron chi connectivity index (χ4n) is 1.62. The van der Waals surface area contributed by atoms with Crippen molar-refractivity contribution in [2.45, 2.75) is 25.6 Å². The van der Waals surface area contributed by atoms with Crippen LogP contribution >= 0.6 is 0 Å². The molecule has 1 aromatic rings. The van der Waals surface area contributed by atoms with Crippen LogP contribution in [0.2, 0.25) is 18.6 Å². The maximum Gasteiger partial charge on any atom is 0.0871 e. The maximum atomic E-state index is 3.72. The van der Waals surface area contributed by atoms with Crippen LogP contribution in [-0.4, -0.2) is 8.07 Å². The highest BCUT2D eigenvalue weighted by molar-refractivity contribution is 6.91. The van der Waals surface area contributed by atoms with Crippen molar-refractivity contribution in [1.29, 1.82) is 0 Å². The molecule has 0 spiro atoms. The smallest absolute Gasteiger partial charge is 0.0871 e. The molecule has 1 atom stereocenters. The van der Waals surface area contributed by atoms with E-state index in [1.807, 2.05) is 6.08 Å². The summed E-state index contributed by atoms with van der Waals surface area (Å²) in [5, 5.41) is 1.52. The van der Waals surface area contributed by atoms with Gasteiger partial charge in [-0.15, -0.1) is 0 Å². The lowest BCUT2D eigenvalue weighted by Crippen LogP contribution is -2.44. The third kappa shape index (κ3) is 2.93. The summed E-state index contributed by atoms with van der Waals surface area (Å²) >= 11 is 0. The van der Waals surface area contributed by atoms with Gasteiger partial charge in [0.05, 0.1) is 8.07 Å². The third-order valence-electron chi connectivity index (χ3n) is 3.19. The summed E-state index contributed by atoms with van der Waals surface area (Å²) in [4.78, 5) is 0. The maximum absolute atomic E-state index is 3.72. The summed E-state index contributed by atoms with van der Waals surface area (Å²) in [5.41, 5.74) is 0.637. The van der Waals surface area contributed by atoms with E-state index in [0.717, 1.165) is 0 Å². The zero-order chi connectivity index (χ0) is 11.3. The first kappa shape index (κ1) is 12.0. The van der Waals surface area contributed by atoms with Gasteiger partial charge in [-0.3, -0.25) is 0 Å². The van der Waals surface area contributed by atoms with Gasteiger partial charge in [0.15, 0.2) is 0 Å². The van der Waals surface area contributed by atoms with Crippen molar-refractivity contribution in [3.05, 3.63) is 55.1 Å². The quantitative estimate of drug-likeness (QED) is 0.531. The van der Waals surface area contributed by atoms with E-state index in [1.165, 1.54) is 5.19 Å².